The quantitative estimate of drug-likeness (QED) is 0.267. The molecule has 0 aromatic heterocycles. The fraction of sp³-hybridized carbons (Fsp3) is 0.722. The lowest BCUT2D eigenvalue weighted by molar-refractivity contribution is -0.134. The van der Waals surface area contributed by atoms with Gasteiger partial charge < -0.3 is 27.4 Å². The van der Waals surface area contributed by atoms with Crippen LogP contribution in [0.1, 0.15) is 47.5 Å². The number of primary amides is 1. The monoisotopic (exact) mass is 398 g/mol. The summed E-state index contributed by atoms with van der Waals surface area (Å²) in [6, 6.07) is -3.97. The van der Waals surface area contributed by atoms with Crippen LogP contribution in [0.3, 0.4) is 0 Å². The molecule has 0 fully saturated rings. The van der Waals surface area contributed by atoms with Crippen LogP contribution < -0.4 is 27.4 Å². The SMILES string of the molecule is CC[C@H](C)[C@H](NC(=O)[C@H](CC(N)=O)NC(=O)[C@H](C)N)C(=O)N[C@H]([C]=O)C(C)C. The molecule has 0 saturated heterocycles. The molecule has 28 heavy (non-hydrogen) atoms. The summed E-state index contributed by atoms with van der Waals surface area (Å²) in [5.74, 6) is -3.19. The molecule has 0 aliphatic rings. The van der Waals surface area contributed by atoms with Crippen molar-refractivity contribution >= 4 is 29.9 Å². The Labute approximate surface area is 165 Å². The first-order valence-electron chi connectivity index (χ1n) is 9.27. The van der Waals surface area contributed by atoms with Crippen LogP contribution in [0, 0.1) is 11.8 Å². The van der Waals surface area contributed by atoms with Crippen LogP contribution in [0.4, 0.5) is 0 Å². The van der Waals surface area contributed by atoms with E-state index in [1.807, 2.05) is 6.92 Å². The number of carbonyl (C=O) groups excluding carboxylic acids is 5. The summed E-state index contributed by atoms with van der Waals surface area (Å²) in [5, 5.41) is 7.44. The van der Waals surface area contributed by atoms with Crippen LogP contribution in [0.2, 0.25) is 0 Å². The van der Waals surface area contributed by atoms with Crippen LogP contribution in [-0.2, 0) is 24.0 Å². The fourth-order valence-corrected chi connectivity index (χ4v) is 2.24. The zero-order chi connectivity index (χ0) is 22.0. The number of nitrogens with one attached hydrogen (secondary N) is 3. The van der Waals surface area contributed by atoms with Gasteiger partial charge in [0, 0.05) is 0 Å². The molecule has 1 radical (unpaired) electrons. The largest absolute Gasteiger partial charge is 0.370 e. The first-order valence-corrected chi connectivity index (χ1v) is 9.27. The average Bonchev–Trinajstić information content (AvgIpc) is 2.61. The molecule has 0 unspecified atom stereocenters. The molecule has 7 N–H and O–H groups in total. The minimum absolute atomic E-state index is 0.178. The lowest BCUT2D eigenvalue weighted by Crippen LogP contribution is -2.59. The number of amides is 4. The van der Waals surface area contributed by atoms with Gasteiger partial charge in [0.2, 0.25) is 29.9 Å². The zero-order valence-electron chi connectivity index (χ0n) is 17.1. The maximum atomic E-state index is 12.6. The van der Waals surface area contributed by atoms with E-state index in [1.165, 1.54) is 6.92 Å². The summed E-state index contributed by atoms with van der Waals surface area (Å²) in [5.41, 5.74) is 10.6. The number of hydrogen-bond acceptors (Lipinski definition) is 6. The van der Waals surface area contributed by atoms with Crippen LogP contribution in [0.25, 0.3) is 0 Å². The van der Waals surface area contributed by atoms with Crippen molar-refractivity contribution in [1.82, 2.24) is 16.0 Å². The van der Waals surface area contributed by atoms with E-state index in [-0.39, 0.29) is 11.8 Å². The Morgan fingerprint density at radius 3 is 1.89 bits per heavy atom. The normalized spacial score (nSPS) is 16.2. The molecular formula is C18H32N5O5. The molecule has 0 aliphatic carbocycles. The Kier molecular flexibility index (Phi) is 11.0. The molecule has 10 heteroatoms. The number of nitrogens with two attached hydrogens (primary N) is 2. The van der Waals surface area contributed by atoms with Gasteiger partial charge in [0.15, 0.2) is 0 Å². The molecule has 0 rings (SSSR count). The van der Waals surface area contributed by atoms with Crippen molar-refractivity contribution in [3.8, 4) is 0 Å². The molecule has 0 saturated carbocycles. The van der Waals surface area contributed by atoms with Crippen LogP contribution in [-0.4, -0.2) is 54.1 Å². The molecule has 0 spiro atoms. The van der Waals surface area contributed by atoms with E-state index in [0.29, 0.717) is 6.42 Å². The smallest absolute Gasteiger partial charge is 0.243 e. The standard InChI is InChI=1S/C18H32N5O5/c1-6-10(4)15(18(28)22-13(8-24)9(2)3)23-17(27)12(7-14(20)25)21-16(26)11(5)19/h9-13,15H,6-7,19H2,1-5H3,(H2,20,25)(H,21,26)(H,22,28)(H,23,27)/t10-,11-,12-,13+,15-/m0/s1. The van der Waals surface area contributed by atoms with E-state index in [2.05, 4.69) is 16.0 Å². The van der Waals surface area contributed by atoms with Gasteiger partial charge in [0.25, 0.3) is 0 Å². The van der Waals surface area contributed by atoms with E-state index < -0.39 is 54.2 Å². The van der Waals surface area contributed by atoms with Gasteiger partial charge in [-0.15, -0.1) is 0 Å². The van der Waals surface area contributed by atoms with E-state index in [4.69, 9.17) is 11.5 Å². The van der Waals surface area contributed by atoms with Crippen molar-refractivity contribution < 1.29 is 24.0 Å². The average molecular weight is 398 g/mol. The first kappa shape index (κ1) is 25.5. The summed E-state index contributed by atoms with van der Waals surface area (Å²) in [4.78, 5) is 59.4. The lowest BCUT2D eigenvalue weighted by atomic mass is 9.96. The third-order valence-electron chi connectivity index (χ3n) is 4.34. The highest BCUT2D eigenvalue weighted by atomic mass is 16.2. The number of carbonyl (C=O) groups is 4. The molecule has 0 aliphatic heterocycles. The summed E-state index contributed by atoms with van der Waals surface area (Å²) >= 11 is 0. The molecule has 0 bridgehead atoms. The van der Waals surface area contributed by atoms with Crippen LogP contribution >= 0.6 is 0 Å². The second kappa shape index (κ2) is 12.1. The van der Waals surface area contributed by atoms with Crippen molar-refractivity contribution in [3.63, 3.8) is 0 Å². The van der Waals surface area contributed by atoms with Crippen molar-refractivity contribution in [2.75, 3.05) is 0 Å². The summed E-state index contributed by atoms with van der Waals surface area (Å²) in [6.07, 6.45) is 1.87. The third-order valence-corrected chi connectivity index (χ3v) is 4.34. The molecule has 4 amide bonds. The Bertz CT molecular complexity index is 579. The summed E-state index contributed by atoms with van der Waals surface area (Å²) in [7, 11) is 0. The Hall–Kier alpha value is -2.49. The molecule has 0 heterocycles. The lowest BCUT2D eigenvalue weighted by Gasteiger charge is -2.28. The molecule has 0 aromatic carbocycles. The minimum Gasteiger partial charge on any atom is -0.370 e. The van der Waals surface area contributed by atoms with Crippen LogP contribution in [0.15, 0.2) is 0 Å². The Morgan fingerprint density at radius 1 is 0.929 bits per heavy atom. The highest BCUT2D eigenvalue weighted by Crippen LogP contribution is 2.10. The second-order valence-corrected chi connectivity index (χ2v) is 7.24. The van der Waals surface area contributed by atoms with E-state index in [9.17, 15) is 24.0 Å². The van der Waals surface area contributed by atoms with Gasteiger partial charge in [-0.3, -0.25) is 24.0 Å². The maximum absolute atomic E-state index is 12.6. The van der Waals surface area contributed by atoms with E-state index >= 15 is 0 Å². The van der Waals surface area contributed by atoms with Gasteiger partial charge in [0.05, 0.1) is 18.5 Å². The predicted octanol–water partition coefficient (Wildman–Crippen LogP) is -1.52. The first-order chi connectivity index (χ1) is 12.9. The Morgan fingerprint density at radius 2 is 1.50 bits per heavy atom. The molecule has 159 valence electrons. The van der Waals surface area contributed by atoms with Crippen molar-refractivity contribution in [1.29, 1.82) is 0 Å². The van der Waals surface area contributed by atoms with Crippen molar-refractivity contribution in [2.24, 2.45) is 23.3 Å². The highest BCUT2D eigenvalue weighted by Gasteiger charge is 2.32. The fourth-order valence-electron chi connectivity index (χ4n) is 2.24. The van der Waals surface area contributed by atoms with Gasteiger partial charge in [0.1, 0.15) is 12.1 Å². The Balaban J connectivity index is 5.42. The number of hydrogen-bond donors (Lipinski definition) is 5. The maximum Gasteiger partial charge on any atom is 0.243 e. The minimum atomic E-state index is -1.27. The van der Waals surface area contributed by atoms with Gasteiger partial charge in [-0.2, -0.15) is 0 Å². The molecular weight excluding hydrogens is 366 g/mol. The molecule has 5 atom stereocenters. The van der Waals surface area contributed by atoms with Gasteiger partial charge in [-0.05, 0) is 18.8 Å². The van der Waals surface area contributed by atoms with E-state index in [1.54, 1.807) is 27.1 Å². The topological polar surface area (TPSA) is 173 Å². The summed E-state index contributed by atoms with van der Waals surface area (Å²) in [6.45, 7) is 8.51. The highest BCUT2D eigenvalue weighted by molar-refractivity contribution is 5.95. The third kappa shape index (κ3) is 8.47. The predicted molar refractivity (Wildman–Crippen MR) is 103 cm³/mol. The van der Waals surface area contributed by atoms with Gasteiger partial charge in [-0.1, -0.05) is 34.1 Å². The second-order valence-electron chi connectivity index (χ2n) is 7.24. The van der Waals surface area contributed by atoms with Crippen LogP contribution in [0.5, 0.6) is 0 Å². The molecule has 0 aromatic rings. The van der Waals surface area contributed by atoms with Gasteiger partial charge >= 0.3 is 0 Å². The molecule has 10 nitrogen and oxygen atoms in total. The van der Waals surface area contributed by atoms with Crippen molar-refractivity contribution in [2.45, 2.75) is 71.6 Å². The van der Waals surface area contributed by atoms with Crippen molar-refractivity contribution in [3.05, 3.63) is 0 Å². The van der Waals surface area contributed by atoms with Gasteiger partial charge in [-0.25, -0.2) is 0 Å². The van der Waals surface area contributed by atoms with E-state index in [0.717, 1.165) is 0 Å². The number of rotatable bonds is 12. The summed E-state index contributed by atoms with van der Waals surface area (Å²) < 4.78 is 0. The zero-order valence-corrected chi connectivity index (χ0v) is 17.1.